The Morgan fingerprint density at radius 1 is 0.667 bits per heavy atom. The molecule has 3 aliphatic rings. The van der Waals surface area contributed by atoms with E-state index in [0.717, 1.165) is 3.27 Å². The van der Waals surface area contributed by atoms with Crippen LogP contribution in [-0.2, 0) is 0 Å². The fourth-order valence-electron chi connectivity index (χ4n) is 7.20. The Hall–Kier alpha value is 1.15. The van der Waals surface area contributed by atoms with E-state index in [-0.39, 0.29) is 0 Å². The molecule has 0 aromatic rings. The fourth-order valence-corrected chi connectivity index (χ4v) is 39.2. The summed E-state index contributed by atoms with van der Waals surface area (Å²) in [7, 11) is 0. The molecule has 0 aliphatic heterocycles. The van der Waals surface area contributed by atoms with E-state index < -0.39 is 18.4 Å². The van der Waals surface area contributed by atoms with E-state index in [9.17, 15) is 0 Å². The first kappa shape index (κ1) is 19.9. The third-order valence-corrected chi connectivity index (χ3v) is 34.1. The first-order valence-electron chi connectivity index (χ1n) is 11.4. The van der Waals surface area contributed by atoms with E-state index >= 15 is 0 Å². The molecule has 0 N–H and O–H groups in total. The standard InChI is InChI=1S/3C6H11.C4H9S.Sn/c3*1-2-4-6-5-3-1;1-3-5-4-2;/h3*1H,2-6H2;3H,4H2,1-2H3;. The van der Waals surface area contributed by atoms with E-state index in [2.05, 4.69) is 25.6 Å². The van der Waals surface area contributed by atoms with E-state index in [1.165, 1.54) is 17.6 Å². The van der Waals surface area contributed by atoms with Crippen molar-refractivity contribution in [2.45, 2.75) is 125 Å². The maximum atomic E-state index is 2.75. The van der Waals surface area contributed by atoms with Crippen LogP contribution in [0.15, 0.2) is 0 Å². The van der Waals surface area contributed by atoms with Gasteiger partial charge in [0.15, 0.2) is 0 Å². The predicted octanol–water partition coefficient (Wildman–Crippen LogP) is 8.12. The van der Waals surface area contributed by atoms with E-state index in [1.54, 1.807) is 96.3 Å². The molecule has 0 aromatic heterocycles. The van der Waals surface area contributed by atoms with E-state index in [1.807, 2.05) is 0 Å². The summed E-state index contributed by atoms with van der Waals surface area (Å²) in [5, 5.41) is 0. The van der Waals surface area contributed by atoms with Crippen LogP contribution in [0.1, 0.15) is 110 Å². The van der Waals surface area contributed by atoms with Crippen molar-refractivity contribution in [3.05, 3.63) is 0 Å². The third-order valence-electron chi connectivity index (χ3n) is 8.06. The van der Waals surface area contributed by atoms with Crippen molar-refractivity contribution in [2.75, 3.05) is 5.75 Å². The fraction of sp³-hybridized carbons (Fsp3) is 1.00. The van der Waals surface area contributed by atoms with Crippen LogP contribution in [0, 0.1) is 0 Å². The van der Waals surface area contributed by atoms with Crippen molar-refractivity contribution in [2.24, 2.45) is 0 Å². The molecule has 0 radical (unpaired) electrons. The molecule has 3 aliphatic carbocycles. The number of thioether (sulfide) groups is 1. The van der Waals surface area contributed by atoms with Gasteiger partial charge in [-0.1, -0.05) is 0 Å². The van der Waals surface area contributed by atoms with Gasteiger partial charge in [-0.05, 0) is 0 Å². The topological polar surface area (TPSA) is 0 Å². The first-order chi connectivity index (χ1) is 11.8. The van der Waals surface area contributed by atoms with Gasteiger partial charge in [0, 0.05) is 0 Å². The van der Waals surface area contributed by atoms with Gasteiger partial charge in [0.05, 0.1) is 0 Å². The summed E-state index contributed by atoms with van der Waals surface area (Å²) >= 11 is 0.166. The van der Waals surface area contributed by atoms with Gasteiger partial charge in [0.1, 0.15) is 0 Å². The first-order valence-corrected chi connectivity index (χ1v) is 19.1. The minimum atomic E-state index is -2.25. The molecule has 3 saturated carbocycles. The van der Waals surface area contributed by atoms with Gasteiger partial charge in [0.25, 0.3) is 0 Å². The average molecular weight is 457 g/mol. The van der Waals surface area contributed by atoms with Crippen LogP contribution >= 0.6 is 11.8 Å². The minimum absolute atomic E-state index is 1.10. The third kappa shape index (κ3) is 4.18. The Balaban J connectivity index is 1.95. The van der Waals surface area contributed by atoms with Gasteiger partial charge >= 0.3 is 161 Å². The van der Waals surface area contributed by atoms with Crippen LogP contribution < -0.4 is 0 Å². The molecule has 3 rings (SSSR count). The van der Waals surface area contributed by atoms with Gasteiger partial charge in [-0.15, -0.1) is 0 Å². The van der Waals surface area contributed by atoms with Gasteiger partial charge in [-0.2, -0.15) is 0 Å². The Labute approximate surface area is 160 Å². The zero-order valence-corrected chi connectivity index (χ0v) is 20.2. The molecular weight excluding hydrogens is 415 g/mol. The van der Waals surface area contributed by atoms with Crippen molar-refractivity contribution >= 4 is 30.1 Å². The van der Waals surface area contributed by atoms with Gasteiger partial charge < -0.3 is 0 Å². The molecule has 1 atom stereocenters. The van der Waals surface area contributed by atoms with Crippen LogP contribution in [0.5, 0.6) is 0 Å². The summed E-state index contributed by atoms with van der Waals surface area (Å²) in [6.45, 7) is 5.18. The molecule has 0 bridgehead atoms. The Kier molecular flexibility index (Phi) is 8.21. The van der Waals surface area contributed by atoms with Crippen molar-refractivity contribution in [1.29, 1.82) is 0 Å². The van der Waals surface area contributed by atoms with E-state index in [0.29, 0.717) is 0 Å². The number of rotatable bonds is 6. The van der Waals surface area contributed by atoms with Crippen molar-refractivity contribution in [1.82, 2.24) is 0 Å². The molecular formula is C22H42SSn. The second-order valence-corrected chi connectivity index (χ2v) is 27.1. The zero-order chi connectivity index (χ0) is 16.8. The van der Waals surface area contributed by atoms with Crippen molar-refractivity contribution in [3.8, 4) is 0 Å². The van der Waals surface area contributed by atoms with Crippen molar-refractivity contribution < 1.29 is 0 Å². The van der Waals surface area contributed by atoms with Crippen molar-refractivity contribution in [3.63, 3.8) is 0 Å². The molecule has 0 aromatic carbocycles. The van der Waals surface area contributed by atoms with Gasteiger partial charge in [-0.25, -0.2) is 0 Å². The van der Waals surface area contributed by atoms with Crippen LogP contribution in [-0.4, -0.2) is 27.4 Å². The molecule has 3 fully saturated rings. The molecule has 0 nitrogen and oxygen atoms in total. The van der Waals surface area contributed by atoms with Crippen LogP contribution in [0.3, 0.4) is 0 Å². The van der Waals surface area contributed by atoms with Gasteiger partial charge in [-0.3, -0.25) is 0 Å². The Morgan fingerprint density at radius 2 is 1.00 bits per heavy atom. The van der Waals surface area contributed by atoms with E-state index in [4.69, 9.17) is 0 Å². The van der Waals surface area contributed by atoms with Gasteiger partial charge in [0.2, 0.25) is 0 Å². The SMILES string of the molecule is CCS[CH](C)[Sn]([CH]1CCCCC1)([CH]1CCCCC1)[CH]1CCCCC1. The number of hydrogen-bond donors (Lipinski definition) is 0. The van der Waals surface area contributed by atoms with Crippen LogP contribution in [0.2, 0.25) is 11.8 Å². The maximum absolute atomic E-state index is 2.75. The number of hydrogen-bond acceptors (Lipinski definition) is 1. The van der Waals surface area contributed by atoms with Crippen LogP contribution in [0.25, 0.3) is 0 Å². The second-order valence-electron chi connectivity index (χ2n) is 9.10. The normalized spacial score (nSPS) is 27.2. The zero-order valence-electron chi connectivity index (χ0n) is 16.5. The summed E-state index contributed by atoms with van der Waals surface area (Å²) in [6, 6.07) is 0. The molecule has 24 heavy (non-hydrogen) atoms. The monoisotopic (exact) mass is 458 g/mol. The Bertz CT molecular complexity index is 305. The molecule has 140 valence electrons. The molecule has 0 amide bonds. The average Bonchev–Trinajstić information content (AvgIpc) is 2.65. The molecule has 1 unspecified atom stereocenters. The Morgan fingerprint density at radius 3 is 1.29 bits per heavy atom. The molecule has 0 heterocycles. The second kappa shape index (κ2) is 9.90. The van der Waals surface area contributed by atoms with Crippen LogP contribution in [0.4, 0.5) is 0 Å². The molecule has 2 heteroatoms. The summed E-state index contributed by atoms with van der Waals surface area (Å²) < 4.78 is 4.87. The molecule has 0 spiro atoms. The molecule has 0 saturated heterocycles. The summed E-state index contributed by atoms with van der Waals surface area (Å²) in [4.78, 5) is 0. The summed E-state index contributed by atoms with van der Waals surface area (Å²) in [5.41, 5.74) is 0. The summed E-state index contributed by atoms with van der Waals surface area (Å²) in [5.74, 6) is 1.37. The predicted molar refractivity (Wildman–Crippen MR) is 114 cm³/mol. The summed E-state index contributed by atoms with van der Waals surface area (Å²) in [6.07, 6.45) is 24.0. The quantitative estimate of drug-likeness (QED) is 0.363.